The minimum absolute atomic E-state index is 0.0117. The average Bonchev–Trinajstić information content (AvgIpc) is 2.37. The van der Waals surface area contributed by atoms with Gasteiger partial charge >= 0.3 is 12.0 Å². The van der Waals surface area contributed by atoms with Gasteiger partial charge in [-0.15, -0.1) is 0 Å². The number of carbonyl (C=O) groups is 2. The van der Waals surface area contributed by atoms with E-state index in [1.54, 1.807) is 18.9 Å². The maximum atomic E-state index is 12.2. The molecule has 0 N–H and O–H groups in total. The van der Waals surface area contributed by atoms with Crippen molar-refractivity contribution < 1.29 is 14.3 Å². The van der Waals surface area contributed by atoms with Crippen molar-refractivity contribution in [3.63, 3.8) is 0 Å². The Morgan fingerprint density at radius 1 is 1.39 bits per heavy atom. The molecule has 1 heterocycles. The van der Waals surface area contributed by atoms with Gasteiger partial charge < -0.3 is 14.5 Å². The van der Waals surface area contributed by atoms with Gasteiger partial charge in [-0.05, 0) is 18.8 Å². The van der Waals surface area contributed by atoms with Gasteiger partial charge in [0.2, 0.25) is 0 Å². The lowest BCUT2D eigenvalue weighted by molar-refractivity contribution is -0.145. The number of amides is 2. The summed E-state index contributed by atoms with van der Waals surface area (Å²) in [7, 11) is 3.10. The van der Waals surface area contributed by atoms with Crippen LogP contribution in [-0.2, 0) is 9.53 Å². The molecule has 1 fully saturated rings. The minimum Gasteiger partial charge on any atom is -0.469 e. The quantitative estimate of drug-likeness (QED) is 0.720. The molecule has 104 valence electrons. The highest BCUT2D eigenvalue weighted by Crippen LogP contribution is 2.17. The molecule has 0 aromatic rings. The molecule has 18 heavy (non-hydrogen) atoms. The topological polar surface area (TPSA) is 49.9 Å². The first-order valence-electron chi connectivity index (χ1n) is 6.53. The van der Waals surface area contributed by atoms with Gasteiger partial charge in [0.25, 0.3) is 0 Å². The van der Waals surface area contributed by atoms with Gasteiger partial charge in [0.1, 0.15) is 0 Å². The number of esters is 1. The number of methoxy groups -OCH3 is 1. The minimum atomic E-state index is -0.285. The van der Waals surface area contributed by atoms with Crippen LogP contribution in [0.15, 0.2) is 0 Å². The van der Waals surface area contributed by atoms with Crippen molar-refractivity contribution >= 4 is 12.0 Å². The molecule has 1 aliphatic rings. The number of piperidine rings is 1. The summed E-state index contributed by atoms with van der Waals surface area (Å²) in [4.78, 5) is 26.9. The van der Waals surface area contributed by atoms with Crippen LogP contribution < -0.4 is 0 Å². The summed E-state index contributed by atoms with van der Waals surface area (Å²) in [5.41, 5.74) is 0. The van der Waals surface area contributed by atoms with E-state index in [1.807, 2.05) is 4.90 Å². The predicted octanol–water partition coefficient (Wildman–Crippen LogP) is 1.58. The van der Waals surface area contributed by atoms with Gasteiger partial charge in [0, 0.05) is 26.7 Å². The van der Waals surface area contributed by atoms with Gasteiger partial charge in [0.15, 0.2) is 0 Å². The Bertz CT molecular complexity index is 299. The molecule has 0 bridgehead atoms. The number of nitrogens with zero attached hydrogens (tertiary/aromatic N) is 2. The molecule has 0 saturated carbocycles. The zero-order chi connectivity index (χ0) is 13.7. The van der Waals surface area contributed by atoms with Crippen LogP contribution in [0.2, 0.25) is 0 Å². The SMILES string of the molecule is COC(=O)C(C)CN(C)C(=O)N1CCC(C)CC1. The molecule has 1 saturated heterocycles. The first-order valence-corrected chi connectivity index (χ1v) is 6.53. The molecule has 5 nitrogen and oxygen atoms in total. The van der Waals surface area contributed by atoms with Crippen LogP contribution in [0.4, 0.5) is 4.79 Å². The fourth-order valence-electron chi connectivity index (χ4n) is 2.21. The molecule has 5 heteroatoms. The summed E-state index contributed by atoms with van der Waals surface area (Å²) in [5, 5.41) is 0. The maximum absolute atomic E-state index is 12.2. The molecular weight excluding hydrogens is 232 g/mol. The Kier molecular flexibility index (Phi) is 5.44. The molecule has 0 aliphatic carbocycles. The van der Waals surface area contributed by atoms with Gasteiger partial charge in [0.05, 0.1) is 13.0 Å². The lowest BCUT2D eigenvalue weighted by Gasteiger charge is -2.34. The van der Waals surface area contributed by atoms with Gasteiger partial charge in [-0.1, -0.05) is 13.8 Å². The van der Waals surface area contributed by atoms with Crippen molar-refractivity contribution in [2.24, 2.45) is 11.8 Å². The number of hydrogen-bond acceptors (Lipinski definition) is 3. The third-order valence-electron chi connectivity index (χ3n) is 3.53. The standard InChI is InChI=1S/C13H24N2O3/c1-10-5-7-15(8-6-10)13(17)14(3)9-11(2)12(16)18-4/h10-11H,5-9H2,1-4H3. The third kappa shape index (κ3) is 3.89. The average molecular weight is 256 g/mol. The fraction of sp³-hybridized carbons (Fsp3) is 0.846. The Labute approximate surface area is 109 Å². The molecule has 2 amide bonds. The Hall–Kier alpha value is -1.26. The van der Waals surface area contributed by atoms with Crippen molar-refractivity contribution in [3.8, 4) is 0 Å². The van der Waals surface area contributed by atoms with Crippen molar-refractivity contribution in [1.82, 2.24) is 9.80 Å². The fourth-order valence-corrected chi connectivity index (χ4v) is 2.21. The van der Waals surface area contributed by atoms with E-state index in [0.29, 0.717) is 12.5 Å². The van der Waals surface area contributed by atoms with E-state index in [4.69, 9.17) is 0 Å². The van der Waals surface area contributed by atoms with E-state index < -0.39 is 0 Å². The summed E-state index contributed by atoms with van der Waals surface area (Å²) in [6, 6.07) is 0.0117. The zero-order valence-corrected chi connectivity index (χ0v) is 11.8. The highest BCUT2D eigenvalue weighted by molar-refractivity contribution is 5.76. The molecule has 0 spiro atoms. The molecule has 1 atom stereocenters. The van der Waals surface area contributed by atoms with Crippen molar-refractivity contribution in [2.75, 3.05) is 33.8 Å². The first-order chi connectivity index (χ1) is 8.45. The number of hydrogen-bond donors (Lipinski definition) is 0. The van der Waals surface area contributed by atoms with E-state index in [1.165, 1.54) is 7.11 Å². The zero-order valence-electron chi connectivity index (χ0n) is 11.8. The summed E-state index contributed by atoms with van der Waals surface area (Å²) >= 11 is 0. The lowest BCUT2D eigenvalue weighted by atomic mass is 9.99. The van der Waals surface area contributed by atoms with Crippen LogP contribution in [0.3, 0.4) is 0 Å². The molecule has 0 aromatic carbocycles. The first kappa shape index (κ1) is 14.8. The molecular formula is C13H24N2O3. The van der Waals surface area contributed by atoms with Crippen LogP contribution >= 0.6 is 0 Å². The lowest BCUT2D eigenvalue weighted by Crippen LogP contribution is -2.46. The van der Waals surface area contributed by atoms with E-state index in [-0.39, 0.29) is 17.9 Å². The monoisotopic (exact) mass is 256 g/mol. The molecule has 1 unspecified atom stereocenters. The largest absolute Gasteiger partial charge is 0.469 e. The van der Waals surface area contributed by atoms with Crippen LogP contribution in [0.5, 0.6) is 0 Å². The van der Waals surface area contributed by atoms with Crippen LogP contribution in [-0.4, -0.2) is 55.6 Å². The highest BCUT2D eigenvalue weighted by atomic mass is 16.5. The van der Waals surface area contributed by atoms with Crippen molar-refractivity contribution in [3.05, 3.63) is 0 Å². The van der Waals surface area contributed by atoms with Crippen LogP contribution in [0, 0.1) is 11.8 Å². The van der Waals surface area contributed by atoms with E-state index in [2.05, 4.69) is 11.7 Å². The second-order valence-electron chi connectivity index (χ2n) is 5.26. The maximum Gasteiger partial charge on any atom is 0.319 e. The van der Waals surface area contributed by atoms with E-state index in [0.717, 1.165) is 25.9 Å². The Morgan fingerprint density at radius 3 is 2.44 bits per heavy atom. The third-order valence-corrected chi connectivity index (χ3v) is 3.53. The number of carbonyl (C=O) groups excluding carboxylic acids is 2. The Morgan fingerprint density at radius 2 is 1.94 bits per heavy atom. The van der Waals surface area contributed by atoms with Gasteiger partial charge in [-0.2, -0.15) is 0 Å². The van der Waals surface area contributed by atoms with Gasteiger partial charge in [-0.3, -0.25) is 4.79 Å². The van der Waals surface area contributed by atoms with Gasteiger partial charge in [-0.25, -0.2) is 4.79 Å². The number of urea groups is 1. The van der Waals surface area contributed by atoms with E-state index in [9.17, 15) is 9.59 Å². The second kappa shape index (κ2) is 6.61. The van der Waals surface area contributed by atoms with Crippen molar-refractivity contribution in [2.45, 2.75) is 26.7 Å². The summed E-state index contributed by atoms with van der Waals surface area (Å²) in [5.74, 6) is 0.142. The summed E-state index contributed by atoms with van der Waals surface area (Å²) < 4.78 is 4.66. The molecule has 0 aromatic heterocycles. The number of likely N-dealkylation sites (tertiary alicyclic amines) is 1. The number of rotatable bonds is 3. The van der Waals surface area contributed by atoms with Crippen molar-refractivity contribution in [1.29, 1.82) is 0 Å². The van der Waals surface area contributed by atoms with Crippen LogP contribution in [0.1, 0.15) is 26.7 Å². The predicted molar refractivity (Wildman–Crippen MR) is 69.2 cm³/mol. The second-order valence-corrected chi connectivity index (χ2v) is 5.26. The summed E-state index contributed by atoms with van der Waals surface area (Å²) in [6.45, 7) is 6.02. The van der Waals surface area contributed by atoms with E-state index >= 15 is 0 Å². The Balaban J connectivity index is 2.43. The molecule has 0 radical (unpaired) electrons. The van der Waals surface area contributed by atoms with Crippen LogP contribution in [0.25, 0.3) is 0 Å². The molecule has 1 rings (SSSR count). The smallest absolute Gasteiger partial charge is 0.319 e. The summed E-state index contributed by atoms with van der Waals surface area (Å²) in [6.07, 6.45) is 2.12. The molecule has 1 aliphatic heterocycles. The normalized spacial score (nSPS) is 18.3. The highest BCUT2D eigenvalue weighted by Gasteiger charge is 2.25. The number of ether oxygens (including phenoxy) is 1.